The van der Waals surface area contributed by atoms with E-state index in [1.807, 2.05) is 18.2 Å². The Labute approximate surface area is 206 Å². The fraction of sp³-hybridized carbons (Fsp3) is 0.440. The maximum Gasteiger partial charge on any atom is 0.337 e. The van der Waals surface area contributed by atoms with E-state index in [0.717, 1.165) is 61.6 Å². The van der Waals surface area contributed by atoms with Crippen LogP contribution in [0.2, 0.25) is 0 Å². The molecule has 0 atom stereocenters. The molecule has 2 aromatic carbocycles. The van der Waals surface area contributed by atoms with Crippen LogP contribution in [0.25, 0.3) is 11.0 Å². The molecule has 1 aliphatic rings. The fourth-order valence-electron chi connectivity index (χ4n) is 4.47. The summed E-state index contributed by atoms with van der Waals surface area (Å²) in [6.07, 6.45) is 3.19. The minimum atomic E-state index is -3.55. The molecule has 0 unspecified atom stereocenters. The second kappa shape index (κ2) is 10.2. The summed E-state index contributed by atoms with van der Waals surface area (Å²) in [6.45, 7) is 5.23. The van der Waals surface area contributed by atoms with Gasteiger partial charge in [-0.05, 0) is 55.7 Å². The van der Waals surface area contributed by atoms with Crippen LogP contribution in [0.15, 0.2) is 41.3 Å². The van der Waals surface area contributed by atoms with Crippen molar-refractivity contribution in [2.24, 2.45) is 0 Å². The van der Waals surface area contributed by atoms with Gasteiger partial charge in [-0.15, -0.1) is 0 Å². The topological polar surface area (TPSA) is 96.8 Å². The van der Waals surface area contributed by atoms with E-state index < -0.39 is 10.0 Å². The van der Waals surface area contributed by atoms with E-state index >= 15 is 0 Å². The van der Waals surface area contributed by atoms with E-state index in [1.165, 1.54) is 25.5 Å². The minimum absolute atomic E-state index is 0.220. The number of esters is 1. The Balaban J connectivity index is 1.70. The Bertz CT molecular complexity index is 1330. The van der Waals surface area contributed by atoms with Crippen molar-refractivity contribution in [3.05, 3.63) is 47.8 Å². The lowest BCUT2D eigenvalue weighted by molar-refractivity contribution is 0.0601. The van der Waals surface area contributed by atoms with Crippen LogP contribution in [0, 0.1) is 0 Å². The first-order valence-electron chi connectivity index (χ1n) is 11.9. The van der Waals surface area contributed by atoms with Crippen LogP contribution in [-0.4, -0.2) is 62.5 Å². The number of imidazole rings is 1. The number of methoxy groups -OCH3 is 1. The maximum absolute atomic E-state index is 12.6. The van der Waals surface area contributed by atoms with Crippen LogP contribution in [0.1, 0.15) is 42.4 Å². The molecule has 0 radical (unpaired) electrons. The highest BCUT2D eigenvalue weighted by Gasteiger charge is 2.21. The van der Waals surface area contributed by atoms with Crippen LogP contribution >= 0.6 is 0 Å². The summed E-state index contributed by atoms with van der Waals surface area (Å²) in [5.41, 5.74) is 3.91. The molecule has 0 saturated carbocycles. The first-order chi connectivity index (χ1) is 16.8. The summed E-state index contributed by atoms with van der Waals surface area (Å²) < 4.78 is 33.5. The Morgan fingerprint density at radius 1 is 1.14 bits per heavy atom. The number of nitrogens with zero attached hydrogens (tertiary/aromatic N) is 4. The Hall–Kier alpha value is -3.11. The lowest BCUT2D eigenvalue weighted by Gasteiger charge is -2.22. The third kappa shape index (κ3) is 4.99. The number of nitrogens with one attached hydrogen (secondary N) is 1. The molecule has 0 bridgehead atoms. The highest BCUT2D eigenvalue weighted by molar-refractivity contribution is 7.89. The summed E-state index contributed by atoms with van der Waals surface area (Å²) in [6, 6.07) is 10.7. The molecular formula is C25H33N5O4S. The van der Waals surface area contributed by atoms with Crippen molar-refractivity contribution in [3.8, 4) is 0 Å². The smallest absolute Gasteiger partial charge is 0.337 e. The van der Waals surface area contributed by atoms with Gasteiger partial charge in [0.25, 0.3) is 0 Å². The molecule has 188 valence electrons. The number of sulfonamides is 1. The number of rotatable bonds is 9. The summed E-state index contributed by atoms with van der Waals surface area (Å²) in [7, 11) is 0.863. The number of carbonyl (C=O) groups is 1. The molecule has 1 fully saturated rings. The van der Waals surface area contributed by atoms with Crippen LogP contribution in [0.4, 0.5) is 11.4 Å². The van der Waals surface area contributed by atoms with Crippen molar-refractivity contribution >= 4 is 38.4 Å². The predicted octanol–water partition coefficient (Wildman–Crippen LogP) is 3.70. The Kier molecular flexibility index (Phi) is 7.32. The van der Waals surface area contributed by atoms with Gasteiger partial charge in [0, 0.05) is 33.7 Å². The summed E-state index contributed by atoms with van der Waals surface area (Å²) in [4.78, 5) is 19.5. The number of anilines is 2. The first-order valence-corrected chi connectivity index (χ1v) is 13.3. The second-order valence-electron chi connectivity index (χ2n) is 8.89. The van der Waals surface area contributed by atoms with Crippen LogP contribution in [-0.2, 0) is 27.8 Å². The number of ether oxygens (including phenoxy) is 1. The van der Waals surface area contributed by atoms with Gasteiger partial charge in [0.15, 0.2) is 0 Å². The molecule has 10 heteroatoms. The predicted molar refractivity (Wildman–Crippen MR) is 137 cm³/mol. The number of benzene rings is 2. The zero-order valence-corrected chi connectivity index (χ0v) is 21.6. The number of carbonyl (C=O) groups excluding carboxylic acids is 1. The third-order valence-corrected chi connectivity index (χ3v) is 8.14. The van der Waals surface area contributed by atoms with Crippen molar-refractivity contribution in [2.45, 2.75) is 44.2 Å². The van der Waals surface area contributed by atoms with E-state index in [0.29, 0.717) is 17.6 Å². The Morgan fingerprint density at radius 3 is 2.54 bits per heavy atom. The molecule has 9 nitrogen and oxygen atoms in total. The van der Waals surface area contributed by atoms with Gasteiger partial charge in [0.05, 0.1) is 46.5 Å². The van der Waals surface area contributed by atoms with Crippen molar-refractivity contribution in [2.75, 3.05) is 44.5 Å². The van der Waals surface area contributed by atoms with Gasteiger partial charge in [-0.1, -0.05) is 6.92 Å². The van der Waals surface area contributed by atoms with Gasteiger partial charge in [0.2, 0.25) is 10.0 Å². The minimum Gasteiger partial charge on any atom is -0.465 e. The van der Waals surface area contributed by atoms with Gasteiger partial charge in [-0.2, -0.15) is 0 Å². The fourth-order valence-corrected chi connectivity index (χ4v) is 5.39. The highest BCUT2D eigenvalue weighted by atomic mass is 32.2. The molecule has 0 amide bonds. The summed E-state index contributed by atoms with van der Waals surface area (Å²) >= 11 is 0. The molecule has 0 aliphatic carbocycles. The molecule has 1 N–H and O–H groups in total. The van der Waals surface area contributed by atoms with Crippen molar-refractivity contribution < 1.29 is 17.9 Å². The van der Waals surface area contributed by atoms with Crippen LogP contribution in [0.3, 0.4) is 0 Å². The highest BCUT2D eigenvalue weighted by Crippen LogP contribution is 2.31. The molecule has 2 heterocycles. The molecule has 35 heavy (non-hydrogen) atoms. The summed E-state index contributed by atoms with van der Waals surface area (Å²) in [5, 5.41) is 3.49. The molecular weight excluding hydrogens is 466 g/mol. The average molecular weight is 500 g/mol. The zero-order chi connectivity index (χ0) is 25.2. The van der Waals surface area contributed by atoms with E-state index in [4.69, 9.17) is 9.72 Å². The Morgan fingerprint density at radius 2 is 1.89 bits per heavy atom. The number of hydrogen-bond acceptors (Lipinski definition) is 7. The maximum atomic E-state index is 12.6. The van der Waals surface area contributed by atoms with E-state index in [-0.39, 0.29) is 10.9 Å². The molecule has 0 spiro atoms. The number of aromatic nitrogens is 2. The monoisotopic (exact) mass is 499 g/mol. The number of aryl methyl sites for hydroxylation is 1. The van der Waals surface area contributed by atoms with E-state index in [9.17, 15) is 13.2 Å². The van der Waals surface area contributed by atoms with Crippen molar-refractivity contribution in [1.82, 2.24) is 13.9 Å². The van der Waals surface area contributed by atoms with E-state index in [2.05, 4.69) is 21.7 Å². The first kappa shape index (κ1) is 25.0. The summed E-state index contributed by atoms with van der Waals surface area (Å²) in [5.74, 6) is 0.422. The van der Waals surface area contributed by atoms with Crippen LogP contribution in [0.5, 0.6) is 0 Å². The second-order valence-corrected chi connectivity index (χ2v) is 11.0. The van der Waals surface area contributed by atoms with E-state index in [1.54, 1.807) is 18.2 Å². The zero-order valence-electron chi connectivity index (χ0n) is 20.7. The average Bonchev–Trinajstić information content (AvgIpc) is 3.50. The van der Waals surface area contributed by atoms with Crippen molar-refractivity contribution in [1.29, 1.82) is 0 Å². The molecule has 4 rings (SSSR count). The largest absolute Gasteiger partial charge is 0.465 e. The third-order valence-electron chi connectivity index (χ3n) is 6.33. The lowest BCUT2D eigenvalue weighted by atomic mass is 10.1. The molecule has 1 aromatic heterocycles. The normalized spacial score (nSPS) is 14.1. The molecule has 1 aliphatic heterocycles. The lowest BCUT2D eigenvalue weighted by Crippen LogP contribution is -2.22. The molecule has 3 aromatic rings. The van der Waals surface area contributed by atoms with Gasteiger partial charge in [-0.25, -0.2) is 22.5 Å². The van der Waals surface area contributed by atoms with Crippen molar-refractivity contribution in [3.63, 3.8) is 0 Å². The number of fused-ring (bicyclic) bond motifs is 1. The molecule has 1 saturated heterocycles. The van der Waals surface area contributed by atoms with Gasteiger partial charge in [-0.3, -0.25) is 0 Å². The standard InChI is InChI=1S/C25H33N5O4S/c1-5-12-30-23-11-9-19(35(32,33)28(2)3)16-21(23)27-24(30)17-26-20-15-18(25(31)34-4)8-10-22(20)29-13-6-7-14-29/h8-11,15-16,26H,5-7,12-14,17H2,1-4H3. The SMILES string of the molecule is CCCn1c(CNc2cc(C(=O)OC)ccc2N2CCCC2)nc2cc(S(=O)(=O)N(C)C)ccc21. The van der Waals surface area contributed by atoms with Gasteiger partial charge >= 0.3 is 5.97 Å². The van der Waals surface area contributed by atoms with Gasteiger partial charge in [0.1, 0.15) is 5.82 Å². The van der Waals surface area contributed by atoms with Gasteiger partial charge < -0.3 is 19.5 Å². The van der Waals surface area contributed by atoms with Crippen LogP contribution < -0.4 is 10.2 Å². The number of hydrogen-bond donors (Lipinski definition) is 1. The quantitative estimate of drug-likeness (QED) is 0.449.